The maximum atomic E-state index is 15.2. The summed E-state index contributed by atoms with van der Waals surface area (Å²) < 4.78 is 80.1. The molecule has 43 heavy (non-hydrogen) atoms. The van der Waals surface area contributed by atoms with Crippen molar-refractivity contribution in [3.8, 4) is 11.1 Å². The first-order valence-corrected chi connectivity index (χ1v) is 14.2. The van der Waals surface area contributed by atoms with Crippen LogP contribution in [0.2, 0.25) is 0 Å². The fourth-order valence-corrected chi connectivity index (χ4v) is 7.11. The van der Waals surface area contributed by atoms with Gasteiger partial charge in [-0.25, -0.2) is 19.5 Å². The van der Waals surface area contributed by atoms with E-state index in [0.717, 1.165) is 30.0 Å². The van der Waals surface area contributed by atoms with Crippen molar-refractivity contribution in [3.05, 3.63) is 64.6 Å². The Balaban J connectivity index is 1.81. The lowest BCUT2D eigenvalue weighted by atomic mass is 9.95. The van der Waals surface area contributed by atoms with E-state index in [1.54, 1.807) is 23.6 Å². The van der Waals surface area contributed by atoms with Crippen LogP contribution in [0.3, 0.4) is 0 Å². The Bertz CT molecular complexity index is 1640. The van der Waals surface area contributed by atoms with Crippen molar-refractivity contribution >= 4 is 34.4 Å². The summed E-state index contributed by atoms with van der Waals surface area (Å²) in [6.45, 7) is 7.00. The molecule has 1 fully saturated rings. The minimum atomic E-state index is -4.97. The molecule has 0 bridgehead atoms. The lowest BCUT2D eigenvalue weighted by Gasteiger charge is -2.44. The van der Waals surface area contributed by atoms with E-state index in [1.807, 2.05) is 0 Å². The van der Waals surface area contributed by atoms with Gasteiger partial charge in [-0.1, -0.05) is 6.58 Å². The number of rotatable bonds is 6. The molecule has 2 aliphatic rings. The number of nitrogens with zero attached hydrogens (tertiary/aromatic N) is 4. The number of alkyl halides is 3. The molecule has 0 saturated carbocycles. The summed E-state index contributed by atoms with van der Waals surface area (Å²) in [5.41, 5.74) is -2.82. The SMILES string of the molecule is C=CC(=O)N1[C@H](C)CN(c2nc(=O)n3c4c(c(-c5ccc(F)cc5F)c(C(F)(F)F)cc24)SCC(OCON)C3)C[C@@H]1C. The molecule has 1 aromatic heterocycles. The Morgan fingerprint density at radius 3 is 2.49 bits per heavy atom. The fraction of sp³-hybridized carbons (Fsp3) is 0.393. The highest BCUT2D eigenvalue weighted by molar-refractivity contribution is 7.99. The number of benzene rings is 2. The Morgan fingerprint density at radius 1 is 1.19 bits per heavy atom. The van der Waals surface area contributed by atoms with Crippen molar-refractivity contribution < 1.29 is 36.3 Å². The summed E-state index contributed by atoms with van der Waals surface area (Å²) in [6.07, 6.45) is -4.51. The number of piperazine rings is 1. The number of aromatic nitrogens is 2. The number of anilines is 1. The number of amides is 1. The van der Waals surface area contributed by atoms with Crippen LogP contribution in [-0.2, 0) is 27.1 Å². The van der Waals surface area contributed by atoms with Crippen LogP contribution < -0.4 is 16.5 Å². The van der Waals surface area contributed by atoms with Gasteiger partial charge in [-0.2, -0.15) is 18.2 Å². The first-order valence-electron chi connectivity index (χ1n) is 13.3. The van der Waals surface area contributed by atoms with E-state index in [-0.39, 0.29) is 71.8 Å². The zero-order valence-electron chi connectivity index (χ0n) is 23.2. The molecule has 2 N–H and O–H groups in total. The van der Waals surface area contributed by atoms with Gasteiger partial charge in [0.05, 0.1) is 23.7 Å². The third kappa shape index (κ3) is 5.73. The van der Waals surface area contributed by atoms with Gasteiger partial charge in [0.1, 0.15) is 17.5 Å². The zero-order chi connectivity index (χ0) is 31.2. The van der Waals surface area contributed by atoms with E-state index in [9.17, 15) is 27.2 Å². The molecule has 15 heteroatoms. The third-order valence-electron chi connectivity index (χ3n) is 7.52. The summed E-state index contributed by atoms with van der Waals surface area (Å²) in [7, 11) is 0. The van der Waals surface area contributed by atoms with Crippen LogP contribution in [0, 0.1) is 11.6 Å². The fourth-order valence-electron chi connectivity index (χ4n) is 5.83. The second-order valence-electron chi connectivity index (χ2n) is 10.4. The van der Waals surface area contributed by atoms with Gasteiger partial charge in [-0.05, 0) is 38.1 Å². The predicted molar refractivity (Wildman–Crippen MR) is 150 cm³/mol. The highest BCUT2D eigenvalue weighted by Gasteiger charge is 2.40. The first kappa shape index (κ1) is 30.9. The van der Waals surface area contributed by atoms with Gasteiger partial charge >= 0.3 is 11.9 Å². The van der Waals surface area contributed by atoms with Gasteiger partial charge in [0.15, 0.2) is 6.79 Å². The molecular weight excluding hydrogens is 597 g/mol. The largest absolute Gasteiger partial charge is 0.417 e. The van der Waals surface area contributed by atoms with Gasteiger partial charge in [0.2, 0.25) is 5.91 Å². The van der Waals surface area contributed by atoms with Crippen LogP contribution >= 0.6 is 11.8 Å². The molecule has 1 saturated heterocycles. The minimum absolute atomic E-state index is 0.00351. The van der Waals surface area contributed by atoms with Gasteiger partial charge < -0.3 is 14.5 Å². The second-order valence-corrected chi connectivity index (χ2v) is 11.4. The molecule has 3 heterocycles. The van der Waals surface area contributed by atoms with Crippen LogP contribution in [0.1, 0.15) is 19.4 Å². The molecule has 1 amide bonds. The highest BCUT2D eigenvalue weighted by Crippen LogP contribution is 2.49. The maximum absolute atomic E-state index is 15.2. The first-order chi connectivity index (χ1) is 20.3. The van der Waals surface area contributed by atoms with Gasteiger partial charge in [0, 0.05) is 58.4 Å². The summed E-state index contributed by atoms with van der Waals surface area (Å²) >= 11 is 0.946. The van der Waals surface area contributed by atoms with E-state index >= 15 is 4.39 Å². The number of carbonyl (C=O) groups is 1. The number of hydrogen-bond donors (Lipinski definition) is 1. The summed E-state index contributed by atoms with van der Waals surface area (Å²) in [5, 5.41) is 0.0133. The van der Waals surface area contributed by atoms with Gasteiger partial charge in [-0.15, -0.1) is 11.8 Å². The average molecular weight is 626 g/mol. The van der Waals surface area contributed by atoms with Crippen LogP contribution in [0.5, 0.6) is 0 Å². The van der Waals surface area contributed by atoms with Crippen molar-refractivity contribution in [1.29, 1.82) is 0 Å². The van der Waals surface area contributed by atoms with Crippen LogP contribution in [-0.4, -0.2) is 64.2 Å². The van der Waals surface area contributed by atoms with Crippen LogP contribution in [0.4, 0.5) is 27.8 Å². The molecule has 0 spiro atoms. The van der Waals surface area contributed by atoms with E-state index in [4.69, 9.17) is 10.6 Å². The number of carbonyl (C=O) groups excluding carboxylic acids is 1. The number of nitrogens with two attached hydrogens (primary N) is 1. The third-order valence-corrected chi connectivity index (χ3v) is 8.75. The van der Waals surface area contributed by atoms with Gasteiger partial charge in [-0.3, -0.25) is 14.2 Å². The van der Waals surface area contributed by atoms with Crippen LogP contribution in [0.15, 0.2) is 46.6 Å². The van der Waals surface area contributed by atoms with E-state index in [2.05, 4.69) is 16.4 Å². The summed E-state index contributed by atoms with van der Waals surface area (Å²) in [6, 6.07) is 2.41. The van der Waals surface area contributed by atoms with E-state index in [0.29, 0.717) is 6.07 Å². The summed E-state index contributed by atoms with van der Waals surface area (Å²) in [5.74, 6) is 2.71. The molecule has 5 rings (SSSR count). The van der Waals surface area contributed by atoms with Crippen molar-refractivity contribution in [2.75, 3.05) is 30.5 Å². The number of hydrogen-bond acceptors (Lipinski definition) is 8. The quantitative estimate of drug-likeness (QED) is 0.187. The zero-order valence-corrected chi connectivity index (χ0v) is 24.0. The Morgan fingerprint density at radius 2 is 1.88 bits per heavy atom. The number of ether oxygens (including phenoxy) is 1. The lowest BCUT2D eigenvalue weighted by molar-refractivity contribution is -0.137. The summed E-state index contributed by atoms with van der Waals surface area (Å²) in [4.78, 5) is 38.0. The van der Waals surface area contributed by atoms with Crippen molar-refractivity contribution in [2.24, 2.45) is 5.90 Å². The molecule has 0 radical (unpaired) electrons. The molecule has 230 valence electrons. The molecule has 1 unspecified atom stereocenters. The maximum Gasteiger partial charge on any atom is 0.417 e. The Hall–Kier alpha value is -3.53. The topological polar surface area (TPSA) is 103 Å². The highest BCUT2D eigenvalue weighted by atomic mass is 32.2. The molecule has 3 atom stereocenters. The van der Waals surface area contributed by atoms with Crippen molar-refractivity contribution in [1.82, 2.24) is 14.5 Å². The van der Waals surface area contributed by atoms with Crippen molar-refractivity contribution in [2.45, 2.75) is 49.7 Å². The Labute approximate surface area is 247 Å². The van der Waals surface area contributed by atoms with E-state index in [1.165, 1.54) is 10.6 Å². The molecule has 3 aromatic rings. The number of thioether (sulfide) groups is 1. The van der Waals surface area contributed by atoms with Crippen molar-refractivity contribution in [3.63, 3.8) is 0 Å². The standard InChI is InChI=1S/C28H28F5N5O4S/c1-4-22(39)38-14(2)9-36(10-15(38)3)26-19-8-20(28(31,32)33)23(18-6-5-16(29)7-21(18)30)25-24(19)37(27(40)35-26)11-17(12-43-25)41-13-42-34/h4-8,14-15,17H,1,9-13,34H2,2-3H3/t14-,15+,17?. The smallest absolute Gasteiger partial charge is 0.352 e. The molecule has 9 nitrogen and oxygen atoms in total. The van der Waals surface area contributed by atoms with Gasteiger partial charge in [0.25, 0.3) is 0 Å². The predicted octanol–water partition coefficient (Wildman–Crippen LogP) is 4.31. The van der Waals surface area contributed by atoms with Crippen LogP contribution in [0.25, 0.3) is 22.0 Å². The molecule has 2 aliphatic heterocycles. The second kappa shape index (κ2) is 11.9. The molecule has 0 aliphatic carbocycles. The minimum Gasteiger partial charge on any atom is -0.352 e. The molecular formula is C28H28F5N5O4S. The normalized spacial score (nSPS) is 20.8. The molecule has 2 aromatic carbocycles. The lowest BCUT2D eigenvalue weighted by Crippen LogP contribution is -2.58. The number of halogens is 5. The average Bonchev–Trinajstić information content (AvgIpc) is 3.13. The Kier molecular flexibility index (Phi) is 8.53. The van der Waals surface area contributed by atoms with E-state index < -0.39 is 46.3 Å². The monoisotopic (exact) mass is 625 g/mol.